The van der Waals surface area contributed by atoms with Gasteiger partial charge in [-0.1, -0.05) is 30.3 Å². The van der Waals surface area contributed by atoms with Crippen molar-refractivity contribution in [3.8, 4) is 5.75 Å². The van der Waals surface area contributed by atoms with E-state index in [-0.39, 0.29) is 24.7 Å². The molecule has 0 radical (unpaired) electrons. The van der Waals surface area contributed by atoms with Crippen molar-refractivity contribution < 1.29 is 19.1 Å². The van der Waals surface area contributed by atoms with Crippen LogP contribution in [0.3, 0.4) is 0 Å². The third kappa shape index (κ3) is 3.96. The topological polar surface area (TPSA) is 64.6 Å². The fraction of sp³-hybridized carbons (Fsp3) is 0.500. The van der Waals surface area contributed by atoms with Crippen molar-refractivity contribution in [3.63, 3.8) is 0 Å². The van der Waals surface area contributed by atoms with Crippen molar-refractivity contribution >= 4 is 22.6 Å². The first-order chi connectivity index (χ1) is 14.1. The summed E-state index contributed by atoms with van der Waals surface area (Å²) in [5.74, 6) is 2.18. The summed E-state index contributed by atoms with van der Waals surface area (Å²) in [6, 6.07) is 13.6. The van der Waals surface area contributed by atoms with Crippen LogP contribution in [0.1, 0.15) is 38.5 Å². The van der Waals surface area contributed by atoms with Crippen LogP contribution in [0.2, 0.25) is 0 Å². The molecule has 2 aromatic rings. The number of carbonyl (C=O) groups is 2. The van der Waals surface area contributed by atoms with Gasteiger partial charge in [0.2, 0.25) is 0 Å². The molecule has 5 heteroatoms. The van der Waals surface area contributed by atoms with E-state index in [2.05, 4.69) is 5.32 Å². The van der Waals surface area contributed by atoms with Gasteiger partial charge in [-0.05, 0) is 79.2 Å². The second-order valence-corrected chi connectivity index (χ2v) is 9.20. The van der Waals surface area contributed by atoms with Crippen LogP contribution in [0, 0.1) is 17.8 Å². The molecule has 0 unspecified atom stereocenters. The molecule has 0 heterocycles. The van der Waals surface area contributed by atoms with Gasteiger partial charge in [0.05, 0.1) is 0 Å². The van der Waals surface area contributed by atoms with Gasteiger partial charge >= 0.3 is 5.97 Å². The molecule has 1 N–H and O–H groups in total. The minimum Gasteiger partial charge on any atom is -0.482 e. The quantitative estimate of drug-likeness (QED) is 0.757. The zero-order chi connectivity index (χ0) is 19.8. The number of fused-ring (bicyclic) bond motifs is 1. The van der Waals surface area contributed by atoms with E-state index in [9.17, 15) is 9.59 Å². The van der Waals surface area contributed by atoms with Crippen LogP contribution in [-0.4, -0.2) is 30.6 Å². The average molecular weight is 393 g/mol. The van der Waals surface area contributed by atoms with E-state index >= 15 is 0 Å². The monoisotopic (exact) mass is 393 g/mol. The summed E-state index contributed by atoms with van der Waals surface area (Å²) in [5, 5.41) is 5.38. The number of hydrogen-bond acceptors (Lipinski definition) is 4. The van der Waals surface area contributed by atoms with Crippen LogP contribution in [0.5, 0.6) is 5.75 Å². The minimum atomic E-state index is -0.529. The first kappa shape index (κ1) is 18.5. The summed E-state index contributed by atoms with van der Waals surface area (Å²) in [6.07, 6.45) is 7.25. The summed E-state index contributed by atoms with van der Waals surface area (Å²) < 4.78 is 10.7. The molecule has 4 aliphatic rings. The Morgan fingerprint density at radius 3 is 2.24 bits per heavy atom. The van der Waals surface area contributed by atoms with Crippen molar-refractivity contribution in [1.82, 2.24) is 5.32 Å². The van der Waals surface area contributed by atoms with Crippen LogP contribution >= 0.6 is 0 Å². The van der Waals surface area contributed by atoms with Gasteiger partial charge in [-0.2, -0.15) is 0 Å². The SMILES string of the molecule is O=C(COC(=O)COc1ccc2ccccc2c1)NC12CC3CC(CC(C3)C1)C2. The maximum Gasteiger partial charge on any atom is 0.344 e. The molecular formula is C24H27NO4. The number of rotatable bonds is 6. The lowest BCUT2D eigenvalue weighted by Crippen LogP contribution is -2.60. The summed E-state index contributed by atoms with van der Waals surface area (Å²) >= 11 is 0. The highest BCUT2D eigenvalue weighted by Gasteiger charge is 2.51. The number of hydrogen-bond donors (Lipinski definition) is 1. The van der Waals surface area contributed by atoms with E-state index in [0.717, 1.165) is 47.8 Å². The van der Waals surface area contributed by atoms with Crippen molar-refractivity contribution in [2.24, 2.45) is 17.8 Å². The van der Waals surface area contributed by atoms with Gasteiger partial charge in [-0.25, -0.2) is 4.79 Å². The summed E-state index contributed by atoms with van der Waals surface area (Å²) in [6.45, 7) is -0.440. The van der Waals surface area contributed by atoms with Crippen LogP contribution in [0.15, 0.2) is 42.5 Å². The number of ether oxygens (including phenoxy) is 2. The number of esters is 1. The highest BCUT2D eigenvalue weighted by atomic mass is 16.6. The molecule has 5 nitrogen and oxygen atoms in total. The molecule has 2 aromatic carbocycles. The molecule has 4 bridgehead atoms. The first-order valence-electron chi connectivity index (χ1n) is 10.7. The molecule has 0 spiro atoms. The van der Waals surface area contributed by atoms with E-state index < -0.39 is 5.97 Å². The van der Waals surface area contributed by atoms with Crippen molar-refractivity contribution in [2.75, 3.05) is 13.2 Å². The van der Waals surface area contributed by atoms with Gasteiger partial charge in [-0.15, -0.1) is 0 Å². The molecule has 4 fully saturated rings. The molecule has 4 saturated carbocycles. The normalized spacial score (nSPS) is 29.6. The fourth-order valence-corrected chi connectivity index (χ4v) is 6.18. The number of amides is 1. The van der Waals surface area contributed by atoms with Gasteiger partial charge in [0, 0.05) is 5.54 Å². The minimum absolute atomic E-state index is 0.0557. The fourth-order valence-electron chi connectivity index (χ4n) is 6.18. The Hall–Kier alpha value is -2.56. The van der Waals surface area contributed by atoms with Gasteiger partial charge in [0.15, 0.2) is 13.2 Å². The number of carbonyl (C=O) groups excluding carboxylic acids is 2. The van der Waals surface area contributed by atoms with Crippen LogP contribution < -0.4 is 10.1 Å². The van der Waals surface area contributed by atoms with Crippen molar-refractivity contribution in [3.05, 3.63) is 42.5 Å². The van der Waals surface area contributed by atoms with Crippen LogP contribution in [0.25, 0.3) is 10.8 Å². The van der Waals surface area contributed by atoms with E-state index in [1.807, 2.05) is 42.5 Å². The maximum absolute atomic E-state index is 12.4. The van der Waals surface area contributed by atoms with Crippen molar-refractivity contribution in [2.45, 2.75) is 44.1 Å². The predicted molar refractivity (Wildman–Crippen MR) is 109 cm³/mol. The molecule has 29 heavy (non-hydrogen) atoms. The lowest BCUT2D eigenvalue weighted by molar-refractivity contribution is -0.151. The van der Waals surface area contributed by atoms with E-state index in [1.54, 1.807) is 0 Å². The second-order valence-electron chi connectivity index (χ2n) is 9.20. The maximum atomic E-state index is 12.4. The van der Waals surface area contributed by atoms with Gasteiger partial charge in [0.25, 0.3) is 5.91 Å². The average Bonchev–Trinajstić information content (AvgIpc) is 2.69. The van der Waals surface area contributed by atoms with Gasteiger partial charge in [0.1, 0.15) is 5.75 Å². The number of nitrogens with one attached hydrogen (secondary N) is 1. The Labute approximate surface area is 170 Å². The molecule has 0 atom stereocenters. The van der Waals surface area contributed by atoms with Crippen molar-refractivity contribution in [1.29, 1.82) is 0 Å². The lowest BCUT2D eigenvalue weighted by atomic mass is 9.53. The first-order valence-corrected chi connectivity index (χ1v) is 10.7. The Balaban J connectivity index is 1.09. The molecule has 0 aliphatic heterocycles. The summed E-state index contributed by atoms with van der Waals surface area (Å²) in [7, 11) is 0. The Kier molecular flexibility index (Phi) is 4.69. The standard InChI is InChI=1S/C24H27NO4/c26-22(25-24-11-16-7-17(12-24)9-18(8-16)13-24)14-29-23(27)15-28-21-6-5-19-3-1-2-4-20(19)10-21/h1-6,10,16-18H,7-9,11-15H2,(H,25,26). The Bertz CT molecular complexity index is 902. The largest absolute Gasteiger partial charge is 0.482 e. The van der Waals surface area contributed by atoms with Gasteiger partial charge in [-0.3, -0.25) is 4.79 Å². The zero-order valence-corrected chi connectivity index (χ0v) is 16.6. The number of benzene rings is 2. The summed E-state index contributed by atoms with van der Waals surface area (Å²) in [4.78, 5) is 24.4. The molecule has 6 rings (SSSR count). The highest BCUT2D eigenvalue weighted by Crippen LogP contribution is 2.55. The Morgan fingerprint density at radius 1 is 0.897 bits per heavy atom. The molecule has 152 valence electrons. The van der Waals surface area contributed by atoms with E-state index in [0.29, 0.717) is 5.75 Å². The Morgan fingerprint density at radius 2 is 1.55 bits per heavy atom. The van der Waals surface area contributed by atoms with Crippen LogP contribution in [-0.2, 0) is 14.3 Å². The third-order valence-electron chi connectivity index (χ3n) is 6.88. The third-order valence-corrected chi connectivity index (χ3v) is 6.88. The lowest BCUT2D eigenvalue weighted by Gasteiger charge is -2.56. The molecule has 4 aliphatic carbocycles. The van der Waals surface area contributed by atoms with E-state index in [1.165, 1.54) is 19.3 Å². The molecule has 1 amide bonds. The predicted octanol–water partition coefficient (Wildman–Crippen LogP) is 3.85. The zero-order valence-electron chi connectivity index (χ0n) is 16.6. The highest BCUT2D eigenvalue weighted by molar-refractivity contribution is 5.84. The second kappa shape index (κ2) is 7.36. The van der Waals surface area contributed by atoms with Crippen LogP contribution in [0.4, 0.5) is 0 Å². The van der Waals surface area contributed by atoms with Gasteiger partial charge < -0.3 is 14.8 Å². The molecular weight excluding hydrogens is 366 g/mol. The molecule has 0 saturated heterocycles. The summed E-state index contributed by atoms with van der Waals surface area (Å²) in [5.41, 5.74) is -0.0557. The van der Waals surface area contributed by atoms with E-state index in [4.69, 9.17) is 9.47 Å². The molecule has 0 aromatic heterocycles. The smallest absolute Gasteiger partial charge is 0.344 e.